The Bertz CT molecular complexity index is 1450. The smallest absolute Gasteiger partial charge is 0.269 e. The molecule has 1 aromatic heterocycles. The zero-order chi connectivity index (χ0) is 23.4. The van der Waals surface area contributed by atoms with Crippen LogP contribution in [-0.4, -0.2) is 32.3 Å². The maximum absolute atomic E-state index is 12.8. The number of nitrogens with zero attached hydrogens (tertiary/aromatic N) is 1. The fourth-order valence-corrected chi connectivity index (χ4v) is 4.82. The summed E-state index contributed by atoms with van der Waals surface area (Å²) in [6, 6.07) is 17.0. The first kappa shape index (κ1) is 22.2. The number of hydrogen-bond donors (Lipinski definition) is 3. The van der Waals surface area contributed by atoms with Gasteiger partial charge < -0.3 is 4.74 Å². The highest BCUT2D eigenvalue weighted by molar-refractivity contribution is 7.92. The number of fused-ring (bicyclic) bond motifs is 1. The molecule has 2 amide bonds. The van der Waals surface area contributed by atoms with E-state index in [1.165, 1.54) is 42.7 Å². The monoisotopic (exact) mass is 482 g/mol. The number of rotatable bonds is 6. The predicted molar refractivity (Wildman–Crippen MR) is 125 cm³/mol. The van der Waals surface area contributed by atoms with Crippen LogP contribution >= 0.6 is 11.3 Å². The minimum Gasteiger partial charge on any atom is -0.495 e. The van der Waals surface area contributed by atoms with E-state index in [9.17, 15) is 18.0 Å². The second kappa shape index (κ2) is 9.27. The number of para-hydroxylation sites is 2. The summed E-state index contributed by atoms with van der Waals surface area (Å²) in [6.45, 7) is 0. The lowest BCUT2D eigenvalue weighted by Crippen LogP contribution is -2.41. The van der Waals surface area contributed by atoms with Gasteiger partial charge in [-0.3, -0.25) is 25.2 Å². The SMILES string of the molecule is COc1ccccc1NS(=O)(=O)c1cccc(C(=O)NNC(=O)c2ccc3ncsc3c2)c1. The van der Waals surface area contributed by atoms with Crippen molar-refractivity contribution in [3.05, 3.63) is 83.4 Å². The van der Waals surface area contributed by atoms with E-state index in [0.29, 0.717) is 11.3 Å². The van der Waals surface area contributed by atoms with Gasteiger partial charge in [0, 0.05) is 11.1 Å². The van der Waals surface area contributed by atoms with Gasteiger partial charge in [0.25, 0.3) is 21.8 Å². The van der Waals surface area contributed by atoms with Gasteiger partial charge in [-0.05, 0) is 48.5 Å². The summed E-state index contributed by atoms with van der Waals surface area (Å²) in [5.74, 6) is -0.828. The van der Waals surface area contributed by atoms with Crippen LogP contribution in [0.1, 0.15) is 20.7 Å². The van der Waals surface area contributed by atoms with Gasteiger partial charge in [0.1, 0.15) is 5.75 Å². The molecule has 0 radical (unpaired) electrons. The molecule has 4 rings (SSSR count). The van der Waals surface area contributed by atoms with Gasteiger partial charge in [-0.1, -0.05) is 18.2 Å². The first-order valence-corrected chi connectivity index (χ1v) is 11.9. The first-order chi connectivity index (χ1) is 15.9. The molecule has 0 fully saturated rings. The van der Waals surface area contributed by atoms with E-state index >= 15 is 0 Å². The number of hydrazine groups is 1. The maximum Gasteiger partial charge on any atom is 0.269 e. The fourth-order valence-electron chi connectivity index (χ4n) is 2.99. The van der Waals surface area contributed by atoms with Crippen molar-refractivity contribution < 1.29 is 22.7 Å². The lowest BCUT2D eigenvalue weighted by molar-refractivity contribution is 0.0846. The number of carbonyl (C=O) groups excluding carboxylic acids is 2. The van der Waals surface area contributed by atoms with E-state index < -0.39 is 21.8 Å². The summed E-state index contributed by atoms with van der Waals surface area (Å²) in [6.07, 6.45) is 0. The van der Waals surface area contributed by atoms with Crippen molar-refractivity contribution in [2.75, 3.05) is 11.8 Å². The number of amides is 2. The molecule has 0 saturated heterocycles. The summed E-state index contributed by atoms with van der Waals surface area (Å²) in [5, 5.41) is 0. The number of aromatic nitrogens is 1. The van der Waals surface area contributed by atoms with E-state index in [1.54, 1.807) is 48.0 Å². The highest BCUT2D eigenvalue weighted by Gasteiger charge is 2.18. The average Bonchev–Trinajstić information content (AvgIpc) is 3.30. The first-order valence-electron chi connectivity index (χ1n) is 9.57. The van der Waals surface area contributed by atoms with Crippen molar-refractivity contribution in [1.82, 2.24) is 15.8 Å². The molecule has 0 spiro atoms. The number of benzene rings is 3. The molecule has 0 saturated carbocycles. The third kappa shape index (κ3) is 4.94. The van der Waals surface area contributed by atoms with Crippen LogP contribution in [0.25, 0.3) is 10.2 Å². The van der Waals surface area contributed by atoms with Crippen LogP contribution in [0.3, 0.4) is 0 Å². The topological polar surface area (TPSA) is 126 Å². The maximum atomic E-state index is 12.8. The Kier molecular flexibility index (Phi) is 6.24. The van der Waals surface area contributed by atoms with Crippen molar-refractivity contribution >= 4 is 49.1 Å². The molecule has 11 heteroatoms. The predicted octanol–water partition coefficient (Wildman–Crippen LogP) is 3.18. The third-order valence-electron chi connectivity index (χ3n) is 4.64. The number of sulfonamides is 1. The Morgan fingerprint density at radius 2 is 1.64 bits per heavy atom. The average molecular weight is 483 g/mol. The number of nitrogens with one attached hydrogen (secondary N) is 3. The van der Waals surface area contributed by atoms with Crippen molar-refractivity contribution in [1.29, 1.82) is 0 Å². The number of carbonyl (C=O) groups is 2. The summed E-state index contributed by atoms with van der Waals surface area (Å²) in [5.41, 5.74) is 7.75. The molecule has 0 atom stereocenters. The molecular formula is C22H18N4O5S2. The van der Waals surface area contributed by atoms with Crippen LogP contribution in [0.5, 0.6) is 5.75 Å². The minimum absolute atomic E-state index is 0.0520. The highest BCUT2D eigenvalue weighted by Crippen LogP contribution is 2.26. The van der Waals surface area contributed by atoms with Gasteiger partial charge in [-0.2, -0.15) is 0 Å². The van der Waals surface area contributed by atoms with Gasteiger partial charge >= 0.3 is 0 Å². The molecule has 0 unspecified atom stereocenters. The summed E-state index contributed by atoms with van der Waals surface area (Å²) in [7, 11) is -2.56. The van der Waals surface area contributed by atoms with Crippen molar-refractivity contribution in [3.8, 4) is 5.75 Å². The molecule has 3 aromatic carbocycles. The number of ether oxygens (including phenoxy) is 1. The number of anilines is 1. The highest BCUT2D eigenvalue weighted by atomic mass is 32.2. The van der Waals surface area contributed by atoms with E-state index in [0.717, 1.165) is 10.2 Å². The van der Waals surface area contributed by atoms with E-state index in [-0.39, 0.29) is 16.1 Å². The standard InChI is InChI=1S/C22H18N4O5S2/c1-31-19-8-3-2-7-17(19)26-33(29,30)16-6-4-5-14(11-16)21(27)24-25-22(28)15-9-10-18-20(12-15)32-13-23-18/h2-13,26H,1H3,(H,24,27)(H,25,28). The quantitative estimate of drug-likeness (QED) is 0.362. The van der Waals surface area contributed by atoms with E-state index in [4.69, 9.17) is 4.74 Å². The summed E-state index contributed by atoms with van der Waals surface area (Å²) in [4.78, 5) is 28.9. The van der Waals surface area contributed by atoms with E-state index in [2.05, 4.69) is 20.6 Å². The molecule has 0 bridgehead atoms. The molecular weight excluding hydrogens is 464 g/mol. The Labute approximate surface area is 193 Å². The van der Waals surface area contributed by atoms with Crippen LogP contribution in [0.2, 0.25) is 0 Å². The zero-order valence-electron chi connectivity index (χ0n) is 17.2. The van der Waals surface area contributed by atoms with Crippen molar-refractivity contribution in [2.45, 2.75) is 4.90 Å². The zero-order valence-corrected chi connectivity index (χ0v) is 18.9. The van der Waals surface area contributed by atoms with Crippen LogP contribution in [0, 0.1) is 0 Å². The minimum atomic E-state index is -3.99. The normalized spacial score (nSPS) is 11.1. The van der Waals surface area contributed by atoms with Gasteiger partial charge in [0.2, 0.25) is 0 Å². The number of methoxy groups -OCH3 is 1. The second-order valence-electron chi connectivity index (χ2n) is 6.78. The Morgan fingerprint density at radius 1 is 0.909 bits per heavy atom. The van der Waals surface area contributed by atoms with Crippen molar-refractivity contribution in [3.63, 3.8) is 0 Å². The summed E-state index contributed by atoms with van der Waals surface area (Å²) < 4.78 is 34.1. The lowest BCUT2D eigenvalue weighted by atomic mass is 10.2. The molecule has 168 valence electrons. The molecule has 33 heavy (non-hydrogen) atoms. The fraction of sp³-hybridized carbons (Fsp3) is 0.0455. The molecule has 0 aliphatic rings. The number of thiazole rings is 1. The molecule has 0 aliphatic carbocycles. The molecule has 9 nitrogen and oxygen atoms in total. The van der Waals surface area contributed by atoms with E-state index in [1.807, 2.05) is 0 Å². The summed E-state index contributed by atoms with van der Waals surface area (Å²) >= 11 is 1.40. The second-order valence-corrected chi connectivity index (χ2v) is 9.35. The lowest BCUT2D eigenvalue weighted by Gasteiger charge is -2.12. The van der Waals surface area contributed by atoms with Gasteiger partial charge in [-0.25, -0.2) is 13.4 Å². The van der Waals surface area contributed by atoms with Gasteiger partial charge in [-0.15, -0.1) is 11.3 Å². The largest absolute Gasteiger partial charge is 0.495 e. The Morgan fingerprint density at radius 3 is 2.39 bits per heavy atom. The third-order valence-corrected chi connectivity index (χ3v) is 6.80. The van der Waals surface area contributed by atoms with Crippen LogP contribution in [0.4, 0.5) is 5.69 Å². The van der Waals surface area contributed by atoms with Gasteiger partial charge in [0.05, 0.1) is 33.4 Å². The molecule has 1 heterocycles. The Balaban J connectivity index is 1.46. The molecule has 3 N–H and O–H groups in total. The number of hydrogen-bond acceptors (Lipinski definition) is 7. The van der Waals surface area contributed by atoms with Crippen LogP contribution < -0.4 is 20.3 Å². The molecule has 4 aromatic rings. The van der Waals surface area contributed by atoms with Crippen LogP contribution in [-0.2, 0) is 10.0 Å². The molecule has 0 aliphatic heterocycles. The van der Waals surface area contributed by atoms with Crippen molar-refractivity contribution in [2.24, 2.45) is 0 Å². The van der Waals surface area contributed by atoms with Gasteiger partial charge in [0.15, 0.2) is 0 Å². The Hall–Kier alpha value is -3.96. The van der Waals surface area contributed by atoms with Crippen LogP contribution in [0.15, 0.2) is 77.1 Å².